The Bertz CT molecular complexity index is 190. The monoisotopic (exact) mass is 208 g/mol. The zero-order valence-electron chi connectivity index (χ0n) is 10.9. The molecule has 1 aliphatic rings. The van der Waals surface area contributed by atoms with Crippen LogP contribution in [0.2, 0.25) is 0 Å². The lowest BCUT2D eigenvalue weighted by Crippen LogP contribution is -2.11. The Morgan fingerprint density at radius 1 is 1.20 bits per heavy atom. The van der Waals surface area contributed by atoms with Gasteiger partial charge >= 0.3 is 0 Å². The van der Waals surface area contributed by atoms with Crippen LogP contribution in [0.25, 0.3) is 0 Å². The molecule has 2 unspecified atom stereocenters. The van der Waals surface area contributed by atoms with Gasteiger partial charge in [-0.2, -0.15) is 0 Å². The van der Waals surface area contributed by atoms with Gasteiger partial charge in [0.1, 0.15) is 0 Å². The lowest BCUT2D eigenvalue weighted by Gasteiger charge is -2.25. The molecular weight excluding hydrogens is 180 g/mol. The van der Waals surface area contributed by atoms with E-state index in [-0.39, 0.29) is 0 Å². The normalized spacial score (nSPS) is 26.5. The largest absolute Gasteiger partial charge is 0.0827 e. The molecule has 0 radical (unpaired) electrons. The summed E-state index contributed by atoms with van der Waals surface area (Å²) in [6.45, 7) is 6.96. The van der Waals surface area contributed by atoms with Gasteiger partial charge in [0.25, 0.3) is 0 Å². The Balaban J connectivity index is 2.09. The Morgan fingerprint density at radius 2 is 1.93 bits per heavy atom. The van der Waals surface area contributed by atoms with Crippen LogP contribution in [0.5, 0.6) is 0 Å². The van der Waals surface area contributed by atoms with E-state index in [1.54, 1.807) is 5.57 Å². The lowest BCUT2D eigenvalue weighted by molar-refractivity contribution is 0.365. The van der Waals surface area contributed by atoms with Gasteiger partial charge in [0, 0.05) is 0 Å². The highest BCUT2D eigenvalue weighted by atomic mass is 14.2. The SMILES string of the molecule is CCCCCCCC1CC(C)=CC(C)C1. The molecule has 0 aromatic rings. The summed E-state index contributed by atoms with van der Waals surface area (Å²) in [6, 6.07) is 0. The van der Waals surface area contributed by atoms with E-state index >= 15 is 0 Å². The van der Waals surface area contributed by atoms with Crippen molar-refractivity contribution in [1.29, 1.82) is 0 Å². The maximum atomic E-state index is 2.47. The van der Waals surface area contributed by atoms with E-state index in [2.05, 4.69) is 26.8 Å². The molecule has 0 fully saturated rings. The lowest BCUT2D eigenvalue weighted by atomic mass is 9.81. The maximum absolute atomic E-state index is 2.47. The number of rotatable bonds is 6. The maximum Gasteiger partial charge on any atom is -0.0257 e. The van der Waals surface area contributed by atoms with Crippen LogP contribution in [0.3, 0.4) is 0 Å². The van der Waals surface area contributed by atoms with E-state index in [0.717, 1.165) is 11.8 Å². The van der Waals surface area contributed by atoms with Crippen LogP contribution >= 0.6 is 0 Å². The second-order valence-corrected chi connectivity index (χ2v) is 5.50. The summed E-state index contributed by atoms with van der Waals surface area (Å²) < 4.78 is 0. The van der Waals surface area contributed by atoms with E-state index in [1.807, 2.05) is 0 Å². The number of unbranched alkanes of at least 4 members (excludes halogenated alkanes) is 4. The molecule has 15 heavy (non-hydrogen) atoms. The molecular formula is C15H28. The molecule has 0 heteroatoms. The Kier molecular flexibility index (Phi) is 6.05. The van der Waals surface area contributed by atoms with Gasteiger partial charge in [0.2, 0.25) is 0 Å². The number of hydrogen-bond acceptors (Lipinski definition) is 0. The second kappa shape index (κ2) is 7.09. The van der Waals surface area contributed by atoms with Crippen molar-refractivity contribution in [2.75, 3.05) is 0 Å². The fourth-order valence-electron chi connectivity index (χ4n) is 2.94. The van der Waals surface area contributed by atoms with E-state index < -0.39 is 0 Å². The molecule has 0 aromatic heterocycles. The summed E-state index contributed by atoms with van der Waals surface area (Å²) in [7, 11) is 0. The predicted molar refractivity (Wildman–Crippen MR) is 69.0 cm³/mol. The zero-order chi connectivity index (χ0) is 11.1. The van der Waals surface area contributed by atoms with Crippen molar-refractivity contribution in [3.63, 3.8) is 0 Å². The Morgan fingerprint density at radius 3 is 2.60 bits per heavy atom. The van der Waals surface area contributed by atoms with Crippen LogP contribution in [0.4, 0.5) is 0 Å². The van der Waals surface area contributed by atoms with E-state index in [0.29, 0.717) is 0 Å². The van der Waals surface area contributed by atoms with Crippen molar-refractivity contribution in [2.24, 2.45) is 11.8 Å². The third kappa shape index (κ3) is 5.39. The molecule has 0 aliphatic heterocycles. The highest BCUT2D eigenvalue weighted by Gasteiger charge is 2.17. The van der Waals surface area contributed by atoms with Crippen LogP contribution < -0.4 is 0 Å². The fraction of sp³-hybridized carbons (Fsp3) is 0.867. The molecule has 0 N–H and O–H groups in total. The molecule has 0 amide bonds. The van der Waals surface area contributed by atoms with Crippen LogP contribution in [0.15, 0.2) is 11.6 Å². The van der Waals surface area contributed by atoms with Gasteiger partial charge in [-0.1, -0.05) is 64.0 Å². The molecule has 1 rings (SSSR count). The van der Waals surface area contributed by atoms with E-state index in [4.69, 9.17) is 0 Å². The first-order chi connectivity index (χ1) is 7.22. The minimum Gasteiger partial charge on any atom is -0.0827 e. The van der Waals surface area contributed by atoms with Gasteiger partial charge in [-0.15, -0.1) is 0 Å². The third-order valence-corrected chi connectivity index (χ3v) is 3.60. The van der Waals surface area contributed by atoms with Gasteiger partial charge < -0.3 is 0 Å². The molecule has 2 atom stereocenters. The van der Waals surface area contributed by atoms with Crippen molar-refractivity contribution in [3.8, 4) is 0 Å². The van der Waals surface area contributed by atoms with Crippen molar-refractivity contribution in [1.82, 2.24) is 0 Å². The molecule has 0 aromatic carbocycles. The summed E-state index contributed by atoms with van der Waals surface area (Å²) in [4.78, 5) is 0. The summed E-state index contributed by atoms with van der Waals surface area (Å²) in [6.07, 6.45) is 13.9. The van der Waals surface area contributed by atoms with Crippen LogP contribution in [-0.4, -0.2) is 0 Å². The summed E-state index contributed by atoms with van der Waals surface area (Å²) in [5, 5.41) is 0. The first kappa shape index (κ1) is 12.8. The Hall–Kier alpha value is -0.260. The molecule has 0 bridgehead atoms. The minimum atomic E-state index is 0.833. The zero-order valence-corrected chi connectivity index (χ0v) is 10.9. The fourth-order valence-corrected chi connectivity index (χ4v) is 2.94. The van der Waals surface area contributed by atoms with E-state index in [9.17, 15) is 0 Å². The smallest absolute Gasteiger partial charge is 0.0257 e. The van der Waals surface area contributed by atoms with Crippen molar-refractivity contribution >= 4 is 0 Å². The Labute approximate surface area is 96.2 Å². The highest BCUT2D eigenvalue weighted by molar-refractivity contribution is 5.05. The average Bonchev–Trinajstić information content (AvgIpc) is 2.16. The van der Waals surface area contributed by atoms with E-state index in [1.165, 1.54) is 51.4 Å². The molecule has 0 spiro atoms. The van der Waals surface area contributed by atoms with Gasteiger partial charge in [0.15, 0.2) is 0 Å². The molecule has 0 heterocycles. The second-order valence-electron chi connectivity index (χ2n) is 5.50. The summed E-state index contributed by atoms with van der Waals surface area (Å²) >= 11 is 0. The van der Waals surface area contributed by atoms with Crippen molar-refractivity contribution < 1.29 is 0 Å². The molecule has 0 saturated carbocycles. The van der Waals surface area contributed by atoms with Crippen molar-refractivity contribution in [3.05, 3.63) is 11.6 Å². The molecule has 1 aliphatic carbocycles. The summed E-state index contributed by atoms with van der Waals surface area (Å²) in [5.41, 5.74) is 1.63. The number of hydrogen-bond donors (Lipinski definition) is 0. The first-order valence-electron chi connectivity index (χ1n) is 6.89. The quantitative estimate of drug-likeness (QED) is 0.408. The summed E-state index contributed by atoms with van der Waals surface area (Å²) in [5.74, 6) is 1.83. The van der Waals surface area contributed by atoms with Crippen LogP contribution in [-0.2, 0) is 0 Å². The van der Waals surface area contributed by atoms with Crippen LogP contribution in [0, 0.1) is 11.8 Å². The molecule has 0 saturated heterocycles. The predicted octanol–water partition coefficient (Wildman–Crippen LogP) is 5.34. The van der Waals surface area contributed by atoms with Crippen LogP contribution in [0.1, 0.15) is 72.1 Å². The average molecular weight is 208 g/mol. The van der Waals surface area contributed by atoms with Gasteiger partial charge in [-0.05, 0) is 31.6 Å². The third-order valence-electron chi connectivity index (χ3n) is 3.60. The molecule has 88 valence electrons. The van der Waals surface area contributed by atoms with Gasteiger partial charge in [-0.25, -0.2) is 0 Å². The minimum absolute atomic E-state index is 0.833. The highest BCUT2D eigenvalue weighted by Crippen LogP contribution is 2.31. The topological polar surface area (TPSA) is 0 Å². The number of allylic oxidation sites excluding steroid dienone is 2. The van der Waals surface area contributed by atoms with Crippen molar-refractivity contribution in [2.45, 2.75) is 72.1 Å². The van der Waals surface area contributed by atoms with Gasteiger partial charge in [0.05, 0.1) is 0 Å². The molecule has 0 nitrogen and oxygen atoms in total. The van der Waals surface area contributed by atoms with Gasteiger partial charge in [-0.3, -0.25) is 0 Å². The standard InChI is InChI=1S/C15H28/c1-4-5-6-7-8-9-15-11-13(2)10-14(3)12-15/h10,13,15H,4-9,11-12H2,1-3H3. The first-order valence-corrected chi connectivity index (χ1v) is 6.89.